The molecule has 17 nitrogen and oxygen atoms in total. The number of carboxylic acid groups (broad SMARTS) is 1. The van der Waals surface area contributed by atoms with E-state index in [1.54, 1.807) is 36.7 Å². The van der Waals surface area contributed by atoms with Crippen molar-refractivity contribution in [3.63, 3.8) is 0 Å². The molecule has 0 spiro atoms. The number of carbonyl (C=O) groups is 3. The first kappa shape index (κ1) is 41.4. The van der Waals surface area contributed by atoms with E-state index in [2.05, 4.69) is 42.2 Å². The Morgan fingerprint density at radius 1 is 0.750 bits per heavy atom. The van der Waals surface area contributed by atoms with Crippen LogP contribution < -0.4 is 0 Å². The largest absolute Gasteiger partial charge is 0.481 e. The summed E-state index contributed by atoms with van der Waals surface area (Å²) in [5.41, 5.74) is 6.46. The van der Waals surface area contributed by atoms with Crippen LogP contribution >= 0.6 is 0 Å². The Morgan fingerprint density at radius 2 is 1.39 bits per heavy atom. The van der Waals surface area contributed by atoms with Gasteiger partial charge in [-0.25, -0.2) is 29.3 Å². The van der Waals surface area contributed by atoms with E-state index in [-0.39, 0.29) is 19.8 Å². The molecule has 2 N–H and O–H groups in total. The molecule has 1 unspecified atom stereocenters. The number of esters is 1. The average Bonchev–Trinajstić information content (AvgIpc) is 4.13. The molecule has 4 heterocycles. The number of carboxylic acids is 1. The maximum Gasteiger partial charge on any atom is 0.410 e. The van der Waals surface area contributed by atoms with Gasteiger partial charge in [0.05, 0.1) is 47.6 Å². The second-order valence-corrected chi connectivity index (χ2v) is 15.6. The van der Waals surface area contributed by atoms with Gasteiger partial charge in [-0.05, 0) is 95.1 Å². The number of carbonyl (C=O) groups excluding carboxylic acids is 2. The minimum Gasteiger partial charge on any atom is -0.481 e. The molecule has 8 aromatic rings. The molecule has 0 aliphatic heterocycles. The number of amides is 1. The van der Waals surface area contributed by atoms with Gasteiger partial charge in [-0.3, -0.25) is 9.69 Å². The van der Waals surface area contributed by atoms with Crippen molar-refractivity contribution in [2.24, 2.45) is 5.41 Å². The van der Waals surface area contributed by atoms with Gasteiger partial charge < -0.3 is 14.6 Å². The summed E-state index contributed by atoms with van der Waals surface area (Å²) < 4.78 is 12.6. The van der Waals surface area contributed by atoms with E-state index in [4.69, 9.17) is 19.4 Å². The first-order valence-corrected chi connectivity index (χ1v) is 21.1. The zero-order valence-corrected chi connectivity index (χ0v) is 35.1. The number of aromatic nitrogens is 10. The summed E-state index contributed by atoms with van der Waals surface area (Å²) in [6.45, 7) is 3.65. The van der Waals surface area contributed by atoms with E-state index in [1.807, 2.05) is 84.9 Å². The molecule has 1 aliphatic carbocycles. The molecule has 9 rings (SSSR count). The number of H-pyrrole nitrogens is 1. The van der Waals surface area contributed by atoms with Crippen LogP contribution in [-0.2, 0) is 25.6 Å². The molecule has 1 fully saturated rings. The molecule has 17 heteroatoms. The Labute approximate surface area is 366 Å². The molecule has 4 aromatic carbocycles. The third-order valence-corrected chi connectivity index (χ3v) is 11.7. The van der Waals surface area contributed by atoms with E-state index in [0.29, 0.717) is 66.0 Å². The van der Waals surface area contributed by atoms with Crippen LogP contribution in [0.1, 0.15) is 56.7 Å². The number of tetrazole rings is 2. The van der Waals surface area contributed by atoms with Crippen molar-refractivity contribution in [1.82, 2.24) is 55.7 Å². The topological polar surface area (TPSA) is 217 Å². The molecule has 4 aromatic heterocycles. The molecule has 1 amide bonds. The summed E-state index contributed by atoms with van der Waals surface area (Å²) in [5.74, 6) is -0.572. The highest BCUT2D eigenvalue weighted by Crippen LogP contribution is 2.42. The van der Waals surface area contributed by atoms with E-state index in [9.17, 15) is 19.5 Å². The third kappa shape index (κ3) is 8.10. The molecule has 322 valence electrons. The number of aromatic amines is 1. The summed E-state index contributed by atoms with van der Waals surface area (Å²) in [6, 6.07) is 33.5. The van der Waals surface area contributed by atoms with Gasteiger partial charge in [0, 0.05) is 39.6 Å². The van der Waals surface area contributed by atoms with Gasteiger partial charge in [-0.2, -0.15) is 0 Å². The first-order valence-electron chi connectivity index (χ1n) is 21.1. The number of hydrogen-bond acceptors (Lipinski definition) is 13. The zero-order chi connectivity index (χ0) is 44.2. The van der Waals surface area contributed by atoms with Crippen molar-refractivity contribution in [2.45, 2.75) is 52.1 Å². The van der Waals surface area contributed by atoms with Crippen LogP contribution in [0.4, 0.5) is 4.79 Å². The molecule has 0 saturated heterocycles. The predicted molar refractivity (Wildman–Crippen MR) is 235 cm³/mol. The lowest BCUT2D eigenvalue weighted by Crippen LogP contribution is -2.48. The maximum atomic E-state index is 13.7. The third-order valence-electron chi connectivity index (χ3n) is 11.7. The standard InChI is InChI=1S/C47H43N11O6/c1-3-63-44(59)41(57(46(62)64-4-2)28-47(45(60)61)23-9-10-24-47)32-18-20-38-31(26-32)17-22-40(49-38)34-12-6-8-14-36(34)43-52-55-56-58(43)27-29-15-19-37-30(25-29)16-21-39(48-37)33-11-5-7-13-35(33)42-50-53-54-51-42/h5-8,11-22,25-26,41H,3-4,9-10,23-24,27-28H2,1-2H3,(H,60,61)(H,50,51,53,54). The van der Waals surface area contributed by atoms with E-state index < -0.39 is 29.5 Å². The smallest absolute Gasteiger partial charge is 0.410 e. The van der Waals surface area contributed by atoms with Crippen LogP contribution in [0, 0.1) is 5.41 Å². The van der Waals surface area contributed by atoms with Gasteiger partial charge in [0.25, 0.3) is 0 Å². The quantitative estimate of drug-likeness (QED) is 0.100. The lowest BCUT2D eigenvalue weighted by atomic mass is 9.85. The lowest BCUT2D eigenvalue weighted by Gasteiger charge is -2.35. The number of hydrogen-bond donors (Lipinski definition) is 2. The van der Waals surface area contributed by atoms with Crippen LogP contribution in [0.5, 0.6) is 0 Å². The van der Waals surface area contributed by atoms with Gasteiger partial charge in [0.1, 0.15) is 0 Å². The number of ether oxygens (including phenoxy) is 2. The number of pyridine rings is 2. The van der Waals surface area contributed by atoms with Crippen molar-refractivity contribution in [1.29, 1.82) is 0 Å². The number of rotatable bonds is 14. The number of nitrogens with one attached hydrogen (secondary N) is 1. The minimum absolute atomic E-state index is 0.0487. The number of aliphatic carboxylic acids is 1. The summed E-state index contributed by atoms with van der Waals surface area (Å²) >= 11 is 0. The van der Waals surface area contributed by atoms with E-state index >= 15 is 0 Å². The number of fused-ring (bicyclic) bond motifs is 2. The number of benzene rings is 4. The summed E-state index contributed by atoms with van der Waals surface area (Å²) in [4.78, 5) is 51.1. The van der Waals surface area contributed by atoms with Crippen LogP contribution in [0.2, 0.25) is 0 Å². The minimum atomic E-state index is -1.25. The fourth-order valence-electron chi connectivity index (χ4n) is 8.60. The van der Waals surface area contributed by atoms with Crippen LogP contribution in [-0.4, -0.2) is 98.6 Å². The van der Waals surface area contributed by atoms with Crippen molar-refractivity contribution in [3.8, 4) is 45.3 Å². The lowest BCUT2D eigenvalue weighted by molar-refractivity contribution is -0.155. The molecule has 0 radical (unpaired) electrons. The van der Waals surface area contributed by atoms with Crippen LogP contribution in [0.3, 0.4) is 0 Å². The zero-order valence-electron chi connectivity index (χ0n) is 35.1. The highest BCUT2D eigenvalue weighted by Gasteiger charge is 2.47. The normalized spacial score (nSPS) is 13.8. The SMILES string of the molecule is CCOC(=O)C(c1ccc2nc(-c3ccccc3-c3nnnn3Cc3ccc4nc(-c5ccccc5-c5nnn[nH]5)ccc4c3)ccc2c1)N(CC1(C(=O)O)CCCC1)C(=O)OCC. The molecule has 1 atom stereocenters. The molecule has 64 heavy (non-hydrogen) atoms. The van der Waals surface area contributed by atoms with Crippen LogP contribution in [0.25, 0.3) is 67.1 Å². The van der Waals surface area contributed by atoms with Gasteiger partial charge in [0.15, 0.2) is 17.7 Å². The maximum absolute atomic E-state index is 13.7. The van der Waals surface area contributed by atoms with Crippen molar-refractivity contribution >= 4 is 39.8 Å². The van der Waals surface area contributed by atoms with E-state index in [1.165, 1.54) is 4.90 Å². The monoisotopic (exact) mass is 857 g/mol. The van der Waals surface area contributed by atoms with Crippen molar-refractivity contribution < 1.29 is 29.0 Å². The van der Waals surface area contributed by atoms with E-state index in [0.717, 1.165) is 44.4 Å². The Hall–Kier alpha value is -7.95. The average molecular weight is 858 g/mol. The fourth-order valence-corrected chi connectivity index (χ4v) is 8.60. The van der Waals surface area contributed by atoms with Crippen LogP contribution in [0.15, 0.2) is 109 Å². The molecule has 1 aliphatic rings. The Balaban J connectivity index is 0.997. The Kier molecular flexibility index (Phi) is 11.5. The highest BCUT2D eigenvalue weighted by molar-refractivity contribution is 5.89. The first-order chi connectivity index (χ1) is 31.2. The second kappa shape index (κ2) is 17.8. The Morgan fingerprint density at radius 3 is 2.05 bits per heavy atom. The molecular formula is C47H43N11O6. The molecule has 1 saturated carbocycles. The predicted octanol–water partition coefficient (Wildman–Crippen LogP) is 7.71. The second-order valence-electron chi connectivity index (χ2n) is 15.6. The summed E-state index contributed by atoms with van der Waals surface area (Å²) in [5, 5.41) is 39.2. The van der Waals surface area contributed by atoms with Gasteiger partial charge >= 0.3 is 18.0 Å². The van der Waals surface area contributed by atoms with Crippen molar-refractivity contribution in [2.75, 3.05) is 19.8 Å². The highest BCUT2D eigenvalue weighted by atomic mass is 16.6. The summed E-state index contributed by atoms with van der Waals surface area (Å²) in [6.07, 6.45) is 1.40. The molecular weight excluding hydrogens is 815 g/mol. The Bertz CT molecular complexity index is 3000. The van der Waals surface area contributed by atoms with Gasteiger partial charge in [-0.15, -0.1) is 10.2 Å². The van der Waals surface area contributed by atoms with Crippen molar-refractivity contribution in [3.05, 3.63) is 120 Å². The van der Waals surface area contributed by atoms with Gasteiger partial charge in [-0.1, -0.05) is 85.6 Å². The number of nitrogens with zero attached hydrogens (tertiary/aromatic N) is 10. The summed E-state index contributed by atoms with van der Waals surface area (Å²) in [7, 11) is 0. The fraction of sp³-hybridized carbons (Fsp3) is 0.255. The molecule has 0 bridgehead atoms. The van der Waals surface area contributed by atoms with Gasteiger partial charge in [0.2, 0.25) is 0 Å².